The average Bonchev–Trinajstić information content (AvgIpc) is 2.41. The number of hydrogen-bond donors (Lipinski definition) is 1. The van der Waals surface area contributed by atoms with Crippen LogP contribution in [0.3, 0.4) is 0 Å². The van der Waals surface area contributed by atoms with Gasteiger partial charge < -0.3 is 5.32 Å². The van der Waals surface area contributed by atoms with E-state index in [2.05, 4.69) is 66.2 Å². The van der Waals surface area contributed by atoms with Crippen LogP contribution in [0.1, 0.15) is 30.4 Å². The highest BCUT2D eigenvalue weighted by atomic mass is 79.9. The lowest BCUT2D eigenvalue weighted by Gasteiger charge is -2.11. The minimum Gasteiger partial charge on any atom is -0.369 e. The summed E-state index contributed by atoms with van der Waals surface area (Å²) >= 11 is 7.04. The van der Waals surface area contributed by atoms with Crippen molar-refractivity contribution in [3.8, 4) is 0 Å². The molecule has 0 spiro atoms. The van der Waals surface area contributed by atoms with E-state index in [1.807, 2.05) is 19.1 Å². The molecule has 0 aliphatic carbocycles. The molecule has 0 saturated heterocycles. The Morgan fingerprint density at radius 2 is 2.00 bits per heavy atom. The van der Waals surface area contributed by atoms with E-state index in [0.29, 0.717) is 0 Å². The monoisotopic (exact) mass is 397 g/mol. The van der Waals surface area contributed by atoms with Crippen molar-refractivity contribution in [1.82, 2.24) is 9.97 Å². The number of benzene rings is 1. The summed E-state index contributed by atoms with van der Waals surface area (Å²) in [6.07, 6.45) is 1.80. The van der Waals surface area contributed by atoms with Gasteiger partial charge in [-0.05, 0) is 47.0 Å². The fourth-order valence-corrected chi connectivity index (χ4v) is 2.65. The van der Waals surface area contributed by atoms with Crippen molar-refractivity contribution in [1.29, 1.82) is 0 Å². The fraction of sp³-hybridized carbons (Fsp3) is 0.333. The maximum absolute atomic E-state index is 4.61. The number of nitrogens with zero attached hydrogens (tertiary/aromatic N) is 2. The molecule has 106 valence electrons. The molecule has 0 atom stereocenters. The Labute approximate surface area is 136 Å². The van der Waals surface area contributed by atoms with Gasteiger partial charge in [-0.3, -0.25) is 0 Å². The van der Waals surface area contributed by atoms with E-state index in [0.717, 1.165) is 45.7 Å². The molecule has 20 heavy (non-hydrogen) atoms. The topological polar surface area (TPSA) is 37.8 Å². The third-order valence-corrected chi connectivity index (χ3v) is 4.30. The number of rotatable bonds is 5. The van der Waals surface area contributed by atoms with Crippen molar-refractivity contribution in [2.24, 2.45) is 0 Å². The number of hydrogen-bond acceptors (Lipinski definition) is 3. The van der Waals surface area contributed by atoms with E-state index in [1.54, 1.807) is 0 Å². The van der Waals surface area contributed by atoms with E-state index < -0.39 is 0 Å². The summed E-state index contributed by atoms with van der Waals surface area (Å²) in [6, 6.07) is 8.23. The molecule has 1 N–H and O–H groups in total. The van der Waals surface area contributed by atoms with Gasteiger partial charge in [0.2, 0.25) is 0 Å². The largest absolute Gasteiger partial charge is 0.369 e. The lowest BCUT2D eigenvalue weighted by molar-refractivity contribution is 0.910. The lowest BCUT2D eigenvalue weighted by atomic mass is 10.1. The predicted molar refractivity (Wildman–Crippen MR) is 90.2 cm³/mol. The normalized spacial score (nSPS) is 10.6. The zero-order valence-corrected chi connectivity index (χ0v) is 14.8. The first-order chi connectivity index (χ1) is 9.60. The summed E-state index contributed by atoms with van der Waals surface area (Å²) in [5, 5.41) is 3.33. The molecule has 0 bridgehead atoms. The quantitative estimate of drug-likeness (QED) is 0.791. The molecule has 0 aliphatic heterocycles. The van der Waals surface area contributed by atoms with Crippen LogP contribution >= 0.6 is 31.9 Å². The Morgan fingerprint density at radius 3 is 2.70 bits per heavy atom. The molecule has 1 aromatic heterocycles. The first-order valence-corrected chi connectivity index (χ1v) is 8.20. The van der Waals surface area contributed by atoms with Crippen LogP contribution in [-0.2, 0) is 6.42 Å². The summed E-state index contributed by atoms with van der Waals surface area (Å²) in [7, 11) is 0. The Hall–Kier alpha value is -0.940. The predicted octanol–water partition coefficient (Wildman–Crippen LogP) is 4.72. The van der Waals surface area contributed by atoms with E-state index in [-0.39, 0.29) is 0 Å². The number of anilines is 1. The summed E-state index contributed by atoms with van der Waals surface area (Å²) in [6.45, 7) is 5.04. The molecule has 1 aromatic carbocycles. The minimum atomic E-state index is 0.731. The summed E-state index contributed by atoms with van der Waals surface area (Å²) in [5.74, 6) is 1.71. The molecule has 0 unspecified atom stereocenters. The molecule has 0 saturated carbocycles. The molecule has 0 radical (unpaired) electrons. The molecule has 0 fully saturated rings. The minimum absolute atomic E-state index is 0.731. The van der Waals surface area contributed by atoms with Crippen molar-refractivity contribution in [2.75, 3.05) is 11.9 Å². The van der Waals surface area contributed by atoms with E-state index in [1.165, 1.54) is 5.56 Å². The summed E-state index contributed by atoms with van der Waals surface area (Å²) < 4.78 is 2.03. The molecule has 5 heteroatoms. The highest BCUT2D eigenvalue weighted by Crippen LogP contribution is 2.24. The Bertz CT molecular complexity index is 600. The second-order valence-corrected chi connectivity index (χ2v) is 6.33. The average molecular weight is 399 g/mol. The zero-order valence-electron chi connectivity index (χ0n) is 11.6. The van der Waals surface area contributed by atoms with Crippen molar-refractivity contribution < 1.29 is 0 Å². The Morgan fingerprint density at radius 1 is 1.20 bits per heavy atom. The van der Waals surface area contributed by atoms with Crippen LogP contribution in [0.25, 0.3) is 0 Å². The van der Waals surface area contributed by atoms with Gasteiger partial charge in [-0.1, -0.05) is 35.0 Å². The van der Waals surface area contributed by atoms with Crippen molar-refractivity contribution in [2.45, 2.75) is 26.7 Å². The number of aryl methyl sites for hydroxylation is 1. The molecule has 2 rings (SSSR count). The highest BCUT2D eigenvalue weighted by molar-refractivity contribution is 9.11. The molecular weight excluding hydrogens is 382 g/mol. The zero-order chi connectivity index (χ0) is 14.5. The maximum atomic E-state index is 4.61. The van der Waals surface area contributed by atoms with Gasteiger partial charge in [0.1, 0.15) is 11.6 Å². The number of halogens is 2. The van der Waals surface area contributed by atoms with Crippen LogP contribution in [-0.4, -0.2) is 16.5 Å². The smallest absolute Gasteiger partial charge is 0.144 e. The fourth-order valence-electron chi connectivity index (χ4n) is 1.89. The van der Waals surface area contributed by atoms with Crippen LogP contribution < -0.4 is 5.32 Å². The molecule has 2 aromatic rings. The molecule has 0 aliphatic rings. The van der Waals surface area contributed by atoms with Gasteiger partial charge in [-0.15, -0.1) is 0 Å². The van der Waals surface area contributed by atoms with Crippen LogP contribution in [0.2, 0.25) is 0 Å². The van der Waals surface area contributed by atoms with Gasteiger partial charge in [-0.2, -0.15) is 0 Å². The van der Waals surface area contributed by atoms with E-state index >= 15 is 0 Å². The maximum Gasteiger partial charge on any atom is 0.144 e. The first kappa shape index (κ1) is 15.4. The molecular formula is C15H17Br2N3. The van der Waals surface area contributed by atoms with Crippen LogP contribution in [0.4, 0.5) is 5.82 Å². The lowest BCUT2D eigenvalue weighted by Crippen LogP contribution is -2.08. The second kappa shape index (κ2) is 7.18. The molecule has 3 nitrogen and oxygen atoms in total. The van der Waals surface area contributed by atoms with Crippen molar-refractivity contribution >= 4 is 37.7 Å². The highest BCUT2D eigenvalue weighted by Gasteiger charge is 2.09. The summed E-state index contributed by atoms with van der Waals surface area (Å²) in [5.41, 5.74) is 2.16. The molecule has 0 amide bonds. The van der Waals surface area contributed by atoms with Gasteiger partial charge in [0.05, 0.1) is 10.2 Å². The van der Waals surface area contributed by atoms with Crippen molar-refractivity contribution in [3.05, 3.63) is 50.3 Å². The number of aromatic nitrogens is 2. The Balaban J connectivity index is 2.25. The van der Waals surface area contributed by atoms with Gasteiger partial charge in [0.25, 0.3) is 0 Å². The third-order valence-electron chi connectivity index (χ3n) is 2.86. The van der Waals surface area contributed by atoms with Gasteiger partial charge in [0, 0.05) is 17.4 Å². The first-order valence-electron chi connectivity index (χ1n) is 6.61. The van der Waals surface area contributed by atoms with Crippen LogP contribution in [0.5, 0.6) is 0 Å². The van der Waals surface area contributed by atoms with E-state index in [4.69, 9.17) is 0 Å². The van der Waals surface area contributed by atoms with Gasteiger partial charge in [0.15, 0.2) is 0 Å². The third kappa shape index (κ3) is 4.03. The number of nitrogens with one attached hydrogen (secondary N) is 1. The second-order valence-electron chi connectivity index (χ2n) is 4.62. The van der Waals surface area contributed by atoms with Gasteiger partial charge in [-0.25, -0.2) is 9.97 Å². The molecule has 1 heterocycles. The Kier molecular flexibility index (Phi) is 5.54. The van der Waals surface area contributed by atoms with Crippen molar-refractivity contribution in [3.63, 3.8) is 0 Å². The van der Waals surface area contributed by atoms with Gasteiger partial charge >= 0.3 is 0 Å². The summed E-state index contributed by atoms with van der Waals surface area (Å²) in [4.78, 5) is 9.16. The SMILES string of the molecule is CCCNc1nc(Cc2cccc(Br)c2)nc(C)c1Br. The van der Waals surface area contributed by atoms with Crippen LogP contribution in [0.15, 0.2) is 33.2 Å². The van der Waals surface area contributed by atoms with Crippen LogP contribution in [0, 0.1) is 6.92 Å². The van der Waals surface area contributed by atoms with E-state index in [9.17, 15) is 0 Å². The standard InChI is InChI=1S/C15H17Br2N3/c1-3-7-18-15-14(17)10(2)19-13(20-15)9-11-5-4-6-12(16)8-11/h4-6,8H,3,7,9H2,1-2H3,(H,18,19,20).